The summed E-state index contributed by atoms with van der Waals surface area (Å²) in [5, 5.41) is 4.15. The van der Waals surface area contributed by atoms with Crippen molar-refractivity contribution in [1.82, 2.24) is 14.8 Å². The maximum Gasteiger partial charge on any atom is 0.266 e. The quantitative estimate of drug-likeness (QED) is 0.816. The molecule has 2 rings (SSSR count). The Kier molecular flexibility index (Phi) is 3.85. The zero-order chi connectivity index (χ0) is 14.2. The zero-order valence-corrected chi connectivity index (χ0v) is 12.5. The summed E-state index contributed by atoms with van der Waals surface area (Å²) in [7, 11) is 1.46. The highest BCUT2D eigenvalue weighted by atomic mass is 35.7. The third-order valence-corrected chi connectivity index (χ3v) is 4.28. The average molecular weight is 320 g/mol. The van der Waals surface area contributed by atoms with Gasteiger partial charge >= 0.3 is 0 Å². The van der Waals surface area contributed by atoms with Crippen molar-refractivity contribution in [1.29, 1.82) is 0 Å². The number of halogens is 2. The van der Waals surface area contributed by atoms with Crippen LogP contribution in [0.5, 0.6) is 0 Å². The molecule has 0 spiro atoms. The first kappa shape index (κ1) is 14.3. The molecule has 0 aliphatic rings. The predicted molar refractivity (Wildman–Crippen MR) is 73.5 cm³/mol. The van der Waals surface area contributed by atoms with Gasteiger partial charge in [0.2, 0.25) is 0 Å². The number of aromatic nitrogens is 3. The molecule has 0 fully saturated rings. The SMILES string of the molecule is CC(C)c1nn(-c2ccccn2)c(Cl)c1S(=O)(=O)Cl. The summed E-state index contributed by atoms with van der Waals surface area (Å²) < 4.78 is 24.5. The lowest BCUT2D eigenvalue weighted by molar-refractivity contribution is 0.607. The van der Waals surface area contributed by atoms with E-state index in [2.05, 4.69) is 10.1 Å². The maximum absolute atomic E-state index is 11.6. The first-order chi connectivity index (χ1) is 8.82. The van der Waals surface area contributed by atoms with Crippen LogP contribution in [0.4, 0.5) is 0 Å². The Balaban J connectivity index is 2.74. The minimum Gasteiger partial charge on any atom is -0.237 e. The van der Waals surface area contributed by atoms with Crippen LogP contribution in [0.2, 0.25) is 5.15 Å². The number of nitrogens with zero attached hydrogens (tertiary/aromatic N) is 3. The van der Waals surface area contributed by atoms with Crippen molar-refractivity contribution in [3.8, 4) is 5.82 Å². The standard InChI is InChI=1S/C11H11Cl2N3O2S/c1-7(2)9-10(19(13,17)18)11(12)16(15-9)8-5-3-4-6-14-8/h3-7H,1-2H3. The summed E-state index contributed by atoms with van der Waals surface area (Å²) in [5.41, 5.74) is 0.325. The molecule has 0 aliphatic carbocycles. The fourth-order valence-electron chi connectivity index (χ4n) is 1.63. The van der Waals surface area contributed by atoms with Crippen LogP contribution in [0.3, 0.4) is 0 Å². The number of hydrogen-bond donors (Lipinski definition) is 0. The van der Waals surface area contributed by atoms with E-state index in [0.717, 1.165) is 0 Å². The lowest BCUT2D eigenvalue weighted by Crippen LogP contribution is -2.00. The van der Waals surface area contributed by atoms with Crippen LogP contribution in [0.25, 0.3) is 5.82 Å². The first-order valence-corrected chi connectivity index (χ1v) is 8.15. The molecular weight excluding hydrogens is 309 g/mol. The van der Waals surface area contributed by atoms with E-state index in [1.807, 2.05) is 13.8 Å². The van der Waals surface area contributed by atoms with Gasteiger partial charge in [-0.15, -0.1) is 0 Å². The normalized spacial score (nSPS) is 12.1. The molecule has 0 saturated carbocycles. The number of rotatable bonds is 3. The first-order valence-electron chi connectivity index (χ1n) is 5.47. The van der Waals surface area contributed by atoms with E-state index < -0.39 is 9.05 Å². The summed E-state index contributed by atoms with van der Waals surface area (Å²) in [6.45, 7) is 3.62. The third kappa shape index (κ3) is 2.75. The van der Waals surface area contributed by atoms with Crippen molar-refractivity contribution in [2.24, 2.45) is 0 Å². The van der Waals surface area contributed by atoms with Gasteiger partial charge in [0.1, 0.15) is 4.90 Å². The van der Waals surface area contributed by atoms with Crippen LogP contribution in [0.1, 0.15) is 25.5 Å². The van der Waals surface area contributed by atoms with Crippen molar-refractivity contribution in [2.45, 2.75) is 24.7 Å². The second-order valence-electron chi connectivity index (χ2n) is 4.20. The molecule has 5 nitrogen and oxygen atoms in total. The van der Waals surface area contributed by atoms with Crippen molar-refractivity contribution in [3.63, 3.8) is 0 Å². The van der Waals surface area contributed by atoms with Crippen molar-refractivity contribution in [2.75, 3.05) is 0 Å². The molecule has 102 valence electrons. The van der Waals surface area contributed by atoms with Gasteiger partial charge < -0.3 is 0 Å². The van der Waals surface area contributed by atoms with E-state index in [-0.39, 0.29) is 16.0 Å². The third-order valence-electron chi connectivity index (χ3n) is 2.47. The second-order valence-corrected chi connectivity index (χ2v) is 7.06. The largest absolute Gasteiger partial charge is 0.266 e. The molecule has 2 aromatic rings. The molecule has 0 aliphatic heterocycles. The summed E-state index contributed by atoms with van der Waals surface area (Å²) in [4.78, 5) is 3.93. The molecule has 0 radical (unpaired) electrons. The van der Waals surface area contributed by atoms with E-state index in [1.54, 1.807) is 24.4 Å². The van der Waals surface area contributed by atoms with Crippen LogP contribution < -0.4 is 0 Å². The zero-order valence-electron chi connectivity index (χ0n) is 10.2. The topological polar surface area (TPSA) is 64.8 Å². The van der Waals surface area contributed by atoms with Crippen molar-refractivity contribution in [3.05, 3.63) is 35.2 Å². The molecule has 0 N–H and O–H groups in total. The Hall–Kier alpha value is -1.11. The van der Waals surface area contributed by atoms with Gasteiger partial charge in [0.15, 0.2) is 11.0 Å². The van der Waals surface area contributed by atoms with Crippen LogP contribution in [0, 0.1) is 0 Å². The monoisotopic (exact) mass is 319 g/mol. The van der Waals surface area contributed by atoms with Gasteiger partial charge in [0.25, 0.3) is 9.05 Å². The lowest BCUT2D eigenvalue weighted by atomic mass is 10.1. The Labute approximate surface area is 120 Å². The van der Waals surface area contributed by atoms with Gasteiger partial charge in [-0.3, -0.25) is 0 Å². The molecule has 2 aromatic heterocycles. The molecule has 0 aromatic carbocycles. The Morgan fingerprint density at radius 2 is 2.00 bits per heavy atom. The summed E-state index contributed by atoms with van der Waals surface area (Å²) >= 11 is 6.09. The molecule has 0 unspecified atom stereocenters. The second kappa shape index (κ2) is 5.11. The Morgan fingerprint density at radius 3 is 2.42 bits per heavy atom. The van der Waals surface area contributed by atoms with Crippen LogP contribution in [0.15, 0.2) is 29.3 Å². The highest BCUT2D eigenvalue weighted by Crippen LogP contribution is 2.33. The smallest absolute Gasteiger partial charge is 0.237 e. The Morgan fingerprint density at radius 1 is 1.32 bits per heavy atom. The molecule has 8 heteroatoms. The van der Waals surface area contributed by atoms with E-state index in [1.165, 1.54) is 4.68 Å². The highest BCUT2D eigenvalue weighted by Gasteiger charge is 2.28. The van der Waals surface area contributed by atoms with Gasteiger partial charge in [0.05, 0.1) is 5.69 Å². The van der Waals surface area contributed by atoms with E-state index in [0.29, 0.717) is 11.5 Å². The van der Waals surface area contributed by atoms with Gasteiger partial charge in [-0.05, 0) is 18.1 Å². The van der Waals surface area contributed by atoms with Gasteiger partial charge in [-0.25, -0.2) is 18.1 Å². The van der Waals surface area contributed by atoms with Crippen LogP contribution in [-0.2, 0) is 9.05 Å². The minimum atomic E-state index is -3.97. The molecule has 0 saturated heterocycles. The Bertz CT molecular complexity index is 696. The molecule has 0 atom stereocenters. The number of pyridine rings is 1. The highest BCUT2D eigenvalue weighted by molar-refractivity contribution is 8.13. The minimum absolute atomic E-state index is 0.0580. The van der Waals surface area contributed by atoms with Gasteiger partial charge in [-0.1, -0.05) is 31.5 Å². The summed E-state index contributed by atoms with van der Waals surface area (Å²) in [6, 6.07) is 5.17. The summed E-state index contributed by atoms with van der Waals surface area (Å²) in [5.74, 6) is 0.298. The molecular formula is C11H11Cl2N3O2S. The molecule has 19 heavy (non-hydrogen) atoms. The molecule has 0 bridgehead atoms. The van der Waals surface area contributed by atoms with E-state index >= 15 is 0 Å². The number of hydrogen-bond acceptors (Lipinski definition) is 4. The van der Waals surface area contributed by atoms with Crippen LogP contribution in [-0.4, -0.2) is 23.2 Å². The van der Waals surface area contributed by atoms with Crippen molar-refractivity contribution >= 4 is 31.3 Å². The van der Waals surface area contributed by atoms with Gasteiger partial charge in [-0.2, -0.15) is 5.10 Å². The van der Waals surface area contributed by atoms with Crippen molar-refractivity contribution < 1.29 is 8.42 Å². The lowest BCUT2D eigenvalue weighted by Gasteiger charge is -2.01. The fourth-order valence-corrected chi connectivity index (χ4v) is 3.55. The maximum atomic E-state index is 11.6. The van der Waals surface area contributed by atoms with E-state index in [4.69, 9.17) is 22.3 Å². The summed E-state index contributed by atoms with van der Waals surface area (Å²) in [6.07, 6.45) is 1.57. The van der Waals surface area contributed by atoms with E-state index in [9.17, 15) is 8.42 Å². The fraction of sp³-hybridized carbons (Fsp3) is 0.273. The van der Waals surface area contributed by atoms with Gasteiger partial charge in [0, 0.05) is 16.9 Å². The predicted octanol–water partition coefficient (Wildman–Crippen LogP) is 2.97. The molecule has 0 amide bonds. The average Bonchev–Trinajstić information content (AvgIpc) is 2.68. The molecule has 2 heterocycles. The van der Waals surface area contributed by atoms with Crippen LogP contribution >= 0.6 is 22.3 Å².